The third kappa shape index (κ3) is 7.00. The number of halogens is 3. The van der Waals surface area contributed by atoms with Crippen molar-refractivity contribution in [3.05, 3.63) is 0 Å². The van der Waals surface area contributed by atoms with Crippen LogP contribution in [0.2, 0.25) is 0 Å². The number of rotatable bonds is 6. The third-order valence-corrected chi connectivity index (χ3v) is 1.85. The Morgan fingerprint density at radius 2 is 1.31 bits per heavy atom. The average Bonchev–Trinajstić information content (AvgIpc) is 1.98. The van der Waals surface area contributed by atoms with Crippen LogP contribution < -0.4 is 0 Å². The van der Waals surface area contributed by atoms with Gasteiger partial charge in [0.1, 0.15) is 0 Å². The number of alkyl halides is 3. The number of hydrogen-bond donors (Lipinski definition) is 3. The van der Waals surface area contributed by atoms with Gasteiger partial charge < -0.3 is 15.3 Å². The fourth-order valence-electron chi connectivity index (χ4n) is 1.32. The molecule has 16 heavy (non-hydrogen) atoms. The molecule has 0 heterocycles. The maximum Gasteiger partial charge on any atom is 0.415 e. The van der Waals surface area contributed by atoms with Gasteiger partial charge in [-0.2, -0.15) is 13.2 Å². The standard InChI is InChI=1S/C9H18F3NO3/c1-6(14)3-13(4-7(2)15)5-8(16)9(10,11)12/h6-8,14-16H,3-5H2,1-2H3. The van der Waals surface area contributed by atoms with Crippen LogP contribution in [-0.2, 0) is 0 Å². The van der Waals surface area contributed by atoms with E-state index in [4.69, 9.17) is 15.3 Å². The van der Waals surface area contributed by atoms with Gasteiger partial charge in [-0.05, 0) is 13.8 Å². The van der Waals surface area contributed by atoms with Crippen LogP contribution in [0.5, 0.6) is 0 Å². The summed E-state index contributed by atoms with van der Waals surface area (Å²) in [6, 6.07) is 0. The van der Waals surface area contributed by atoms with Crippen LogP contribution in [0.3, 0.4) is 0 Å². The molecule has 0 aromatic carbocycles. The lowest BCUT2D eigenvalue weighted by molar-refractivity contribution is -0.209. The van der Waals surface area contributed by atoms with Crippen LogP contribution in [0, 0.1) is 0 Å². The van der Waals surface area contributed by atoms with Crippen molar-refractivity contribution in [1.82, 2.24) is 4.90 Å². The lowest BCUT2D eigenvalue weighted by Crippen LogP contribution is -2.45. The molecule has 0 aromatic heterocycles. The van der Waals surface area contributed by atoms with Crippen molar-refractivity contribution in [2.75, 3.05) is 19.6 Å². The number of hydrogen-bond acceptors (Lipinski definition) is 4. The van der Waals surface area contributed by atoms with Gasteiger partial charge in [0.2, 0.25) is 0 Å². The van der Waals surface area contributed by atoms with E-state index in [1.54, 1.807) is 0 Å². The van der Waals surface area contributed by atoms with Crippen molar-refractivity contribution in [3.63, 3.8) is 0 Å². The van der Waals surface area contributed by atoms with E-state index >= 15 is 0 Å². The molecule has 0 aliphatic carbocycles. The van der Waals surface area contributed by atoms with Gasteiger partial charge in [0.15, 0.2) is 6.10 Å². The summed E-state index contributed by atoms with van der Waals surface area (Å²) in [5.41, 5.74) is 0. The lowest BCUT2D eigenvalue weighted by Gasteiger charge is -2.28. The molecule has 0 aliphatic rings. The Kier molecular flexibility index (Phi) is 6.24. The molecule has 0 rings (SSSR count). The topological polar surface area (TPSA) is 63.9 Å². The predicted octanol–water partition coefficient (Wildman–Crippen LogP) is -0.0268. The van der Waals surface area contributed by atoms with Crippen LogP contribution in [0.4, 0.5) is 13.2 Å². The Morgan fingerprint density at radius 3 is 1.56 bits per heavy atom. The molecule has 0 saturated heterocycles. The summed E-state index contributed by atoms with van der Waals surface area (Å²) in [6.07, 6.45) is -8.79. The van der Waals surface area contributed by atoms with Crippen LogP contribution >= 0.6 is 0 Å². The molecule has 0 fully saturated rings. The van der Waals surface area contributed by atoms with E-state index in [-0.39, 0.29) is 13.1 Å². The summed E-state index contributed by atoms with van der Waals surface area (Å²) in [6.45, 7) is 2.14. The van der Waals surface area contributed by atoms with E-state index in [1.165, 1.54) is 18.7 Å². The molecule has 0 saturated carbocycles. The number of nitrogens with zero attached hydrogens (tertiary/aromatic N) is 1. The summed E-state index contributed by atoms with van der Waals surface area (Å²) in [5.74, 6) is 0. The first-order valence-corrected chi connectivity index (χ1v) is 4.96. The van der Waals surface area contributed by atoms with E-state index in [0.717, 1.165) is 0 Å². The highest BCUT2D eigenvalue weighted by molar-refractivity contribution is 4.73. The highest BCUT2D eigenvalue weighted by Crippen LogP contribution is 2.20. The molecule has 4 nitrogen and oxygen atoms in total. The monoisotopic (exact) mass is 245 g/mol. The molecule has 7 heteroatoms. The van der Waals surface area contributed by atoms with Gasteiger partial charge in [-0.25, -0.2) is 0 Å². The number of aliphatic hydroxyl groups excluding tert-OH is 3. The van der Waals surface area contributed by atoms with Gasteiger partial charge in [0, 0.05) is 19.6 Å². The van der Waals surface area contributed by atoms with Crippen molar-refractivity contribution in [1.29, 1.82) is 0 Å². The third-order valence-electron chi connectivity index (χ3n) is 1.85. The van der Waals surface area contributed by atoms with Crippen molar-refractivity contribution in [2.45, 2.75) is 38.3 Å². The normalized spacial score (nSPS) is 18.6. The smallest absolute Gasteiger partial charge is 0.392 e. The summed E-state index contributed by atoms with van der Waals surface area (Å²) in [7, 11) is 0. The molecule has 0 amide bonds. The first-order chi connectivity index (χ1) is 7.12. The van der Waals surface area contributed by atoms with Crippen molar-refractivity contribution in [2.24, 2.45) is 0 Å². The van der Waals surface area contributed by atoms with E-state index in [1.807, 2.05) is 0 Å². The largest absolute Gasteiger partial charge is 0.415 e. The summed E-state index contributed by atoms with van der Waals surface area (Å²) in [5, 5.41) is 27.0. The molecule has 98 valence electrons. The van der Waals surface area contributed by atoms with Crippen LogP contribution in [-0.4, -0.2) is 64.3 Å². The highest BCUT2D eigenvalue weighted by Gasteiger charge is 2.39. The first kappa shape index (κ1) is 15.6. The van der Waals surface area contributed by atoms with Gasteiger partial charge in [-0.1, -0.05) is 0 Å². The molecule has 3 atom stereocenters. The van der Waals surface area contributed by atoms with E-state index in [2.05, 4.69) is 0 Å². The Labute approximate surface area is 92.3 Å². The predicted molar refractivity (Wildman–Crippen MR) is 51.9 cm³/mol. The van der Waals surface area contributed by atoms with E-state index < -0.39 is 31.0 Å². The van der Waals surface area contributed by atoms with Gasteiger partial charge in [0.05, 0.1) is 12.2 Å². The van der Waals surface area contributed by atoms with Crippen LogP contribution in [0.25, 0.3) is 0 Å². The molecule has 0 aromatic rings. The molecule has 0 bridgehead atoms. The molecule has 0 spiro atoms. The van der Waals surface area contributed by atoms with Crippen LogP contribution in [0.1, 0.15) is 13.8 Å². The molecule has 3 N–H and O–H groups in total. The maximum absolute atomic E-state index is 12.1. The molecule has 3 unspecified atom stereocenters. The van der Waals surface area contributed by atoms with Gasteiger partial charge in [0.25, 0.3) is 0 Å². The fraction of sp³-hybridized carbons (Fsp3) is 1.00. The van der Waals surface area contributed by atoms with Crippen molar-refractivity contribution in [3.8, 4) is 0 Å². The van der Waals surface area contributed by atoms with Crippen molar-refractivity contribution >= 4 is 0 Å². The van der Waals surface area contributed by atoms with Gasteiger partial charge >= 0.3 is 6.18 Å². The summed E-state index contributed by atoms with van der Waals surface area (Å²) >= 11 is 0. The molecular formula is C9H18F3NO3. The van der Waals surface area contributed by atoms with E-state index in [9.17, 15) is 13.2 Å². The highest BCUT2D eigenvalue weighted by atomic mass is 19.4. The zero-order chi connectivity index (χ0) is 12.9. The van der Waals surface area contributed by atoms with E-state index in [0.29, 0.717) is 0 Å². The fourth-order valence-corrected chi connectivity index (χ4v) is 1.32. The lowest BCUT2D eigenvalue weighted by atomic mass is 10.2. The average molecular weight is 245 g/mol. The minimum atomic E-state index is -4.68. The van der Waals surface area contributed by atoms with Gasteiger partial charge in [-0.3, -0.25) is 4.90 Å². The zero-order valence-corrected chi connectivity index (χ0v) is 9.28. The Balaban J connectivity index is 4.30. The maximum atomic E-state index is 12.1. The quantitative estimate of drug-likeness (QED) is 0.615. The Bertz CT molecular complexity index is 187. The minimum Gasteiger partial charge on any atom is -0.392 e. The molecular weight excluding hydrogens is 227 g/mol. The Morgan fingerprint density at radius 1 is 0.938 bits per heavy atom. The second-order valence-corrected chi connectivity index (χ2v) is 3.97. The summed E-state index contributed by atoms with van der Waals surface area (Å²) in [4.78, 5) is 1.17. The first-order valence-electron chi connectivity index (χ1n) is 4.96. The summed E-state index contributed by atoms with van der Waals surface area (Å²) < 4.78 is 36.2. The van der Waals surface area contributed by atoms with Gasteiger partial charge in [-0.15, -0.1) is 0 Å². The second kappa shape index (κ2) is 6.39. The van der Waals surface area contributed by atoms with Crippen LogP contribution in [0.15, 0.2) is 0 Å². The Hall–Kier alpha value is -0.370. The molecule has 0 aliphatic heterocycles. The van der Waals surface area contributed by atoms with Crippen molar-refractivity contribution < 1.29 is 28.5 Å². The zero-order valence-electron chi connectivity index (χ0n) is 9.28. The SMILES string of the molecule is CC(O)CN(CC(C)O)CC(O)C(F)(F)F. The second-order valence-electron chi connectivity index (χ2n) is 3.97. The number of aliphatic hydroxyl groups is 3. The molecule has 0 radical (unpaired) electrons. The minimum absolute atomic E-state index is 0.0297.